The summed E-state index contributed by atoms with van der Waals surface area (Å²) in [6.45, 7) is 2.70. The van der Waals surface area contributed by atoms with Crippen LogP contribution in [0.2, 0.25) is 0 Å². The fraction of sp³-hybridized carbons (Fsp3) is 0.333. The van der Waals surface area contributed by atoms with E-state index < -0.39 is 0 Å². The fourth-order valence-corrected chi connectivity index (χ4v) is 0.948. The van der Waals surface area contributed by atoms with Crippen LogP contribution in [0.1, 0.15) is 12.5 Å². The number of rotatable bonds is 2. The van der Waals surface area contributed by atoms with Gasteiger partial charge in [0, 0.05) is 18.7 Å². The van der Waals surface area contributed by atoms with E-state index in [1.165, 1.54) is 5.56 Å². The van der Waals surface area contributed by atoms with Gasteiger partial charge in [-0.05, 0) is 12.5 Å². The van der Waals surface area contributed by atoms with Gasteiger partial charge in [0.2, 0.25) is 0 Å². The minimum absolute atomic E-state index is 0.816. The number of hydrogen-bond acceptors (Lipinski definition) is 1. The first-order valence-electron chi connectivity index (χ1n) is 3.87. The molecule has 0 amide bonds. The molecule has 0 saturated carbocycles. The molecule has 3 heteroatoms. The zero-order valence-corrected chi connectivity index (χ0v) is 8.19. The summed E-state index contributed by atoms with van der Waals surface area (Å²) in [7, 11) is 2.00. The Labute approximate surface area is 78.2 Å². The van der Waals surface area contributed by atoms with Gasteiger partial charge in [-0.25, -0.2) is 4.57 Å². The van der Waals surface area contributed by atoms with Crippen LogP contribution in [0, 0.1) is 0 Å². The monoisotopic (exact) mass is 181 g/mol. The molecule has 0 bridgehead atoms. The van der Waals surface area contributed by atoms with Crippen LogP contribution in [-0.4, -0.2) is 4.99 Å². The van der Waals surface area contributed by atoms with E-state index >= 15 is 0 Å². The van der Waals surface area contributed by atoms with Crippen LogP contribution in [0.4, 0.5) is 0 Å². The highest BCUT2D eigenvalue weighted by atomic mass is 32.1. The lowest BCUT2D eigenvalue weighted by Gasteiger charge is -2.01. The average molecular weight is 181 g/mol. The standard InChI is InChI=1S/C9H12N2S/c1-8(12)10-7-9-3-5-11(2)6-4-9/h3-6H,7H2,1-2H3/p+1. The maximum atomic E-state index is 4.90. The van der Waals surface area contributed by atoms with Gasteiger partial charge in [-0.2, -0.15) is 0 Å². The molecule has 0 aliphatic carbocycles. The molecule has 0 spiro atoms. The molecule has 0 atom stereocenters. The van der Waals surface area contributed by atoms with E-state index in [1.54, 1.807) is 0 Å². The maximum Gasteiger partial charge on any atom is 0.168 e. The zero-order valence-electron chi connectivity index (χ0n) is 7.37. The Morgan fingerprint density at radius 3 is 2.58 bits per heavy atom. The molecule has 0 aliphatic rings. The maximum absolute atomic E-state index is 4.90. The Kier molecular flexibility index (Phi) is 3.17. The van der Waals surface area contributed by atoms with Crippen molar-refractivity contribution in [3.63, 3.8) is 0 Å². The van der Waals surface area contributed by atoms with Crippen molar-refractivity contribution in [1.82, 2.24) is 5.32 Å². The van der Waals surface area contributed by atoms with Crippen molar-refractivity contribution >= 4 is 17.2 Å². The molecular formula is C9H13N2S+. The summed E-state index contributed by atoms with van der Waals surface area (Å²) in [5.41, 5.74) is 1.25. The Morgan fingerprint density at radius 2 is 2.08 bits per heavy atom. The third-order valence-electron chi connectivity index (χ3n) is 1.59. The first kappa shape index (κ1) is 9.13. The normalized spacial score (nSPS) is 9.50. The summed E-state index contributed by atoms with van der Waals surface area (Å²) < 4.78 is 2.01. The van der Waals surface area contributed by atoms with Gasteiger partial charge in [-0.15, -0.1) is 0 Å². The average Bonchev–Trinajstić information content (AvgIpc) is 2.03. The molecule has 0 radical (unpaired) electrons. The second kappa shape index (κ2) is 4.16. The molecule has 1 N–H and O–H groups in total. The molecule has 1 heterocycles. The van der Waals surface area contributed by atoms with Gasteiger partial charge in [0.1, 0.15) is 7.05 Å². The summed E-state index contributed by atoms with van der Waals surface area (Å²) in [4.78, 5) is 0.836. The molecule has 0 saturated heterocycles. The molecule has 0 aromatic carbocycles. The smallest absolute Gasteiger partial charge is 0.168 e. The molecule has 0 aliphatic heterocycles. The van der Waals surface area contributed by atoms with Crippen molar-refractivity contribution in [3.8, 4) is 0 Å². The predicted octanol–water partition coefficient (Wildman–Crippen LogP) is 0.948. The van der Waals surface area contributed by atoms with Crippen molar-refractivity contribution in [2.75, 3.05) is 0 Å². The third kappa shape index (κ3) is 2.96. The molecule has 1 rings (SSSR count). The van der Waals surface area contributed by atoms with Crippen LogP contribution in [-0.2, 0) is 13.6 Å². The Hall–Kier alpha value is -0.960. The van der Waals surface area contributed by atoms with Gasteiger partial charge in [0.05, 0.1) is 4.99 Å². The molecule has 1 aromatic rings. The zero-order chi connectivity index (χ0) is 8.97. The van der Waals surface area contributed by atoms with E-state index in [9.17, 15) is 0 Å². The number of aryl methyl sites for hydroxylation is 1. The molecule has 64 valence electrons. The van der Waals surface area contributed by atoms with Crippen LogP contribution in [0.25, 0.3) is 0 Å². The van der Waals surface area contributed by atoms with E-state index in [4.69, 9.17) is 12.2 Å². The van der Waals surface area contributed by atoms with Gasteiger partial charge >= 0.3 is 0 Å². The highest BCUT2D eigenvalue weighted by molar-refractivity contribution is 7.80. The van der Waals surface area contributed by atoms with Crippen LogP contribution in [0.15, 0.2) is 24.5 Å². The summed E-state index contributed by atoms with van der Waals surface area (Å²) >= 11 is 4.90. The van der Waals surface area contributed by atoms with Crippen molar-refractivity contribution < 1.29 is 4.57 Å². The summed E-state index contributed by atoms with van der Waals surface area (Å²) in [5, 5.41) is 3.10. The lowest BCUT2D eigenvalue weighted by Crippen LogP contribution is -2.26. The van der Waals surface area contributed by atoms with Gasteiger partial charge in [-0.1, -0.05) is 12.2 Å². The van der Waals surface area contributed by atoms with Crippen LogP contribution in [0.5, 0.6) is 0 Å². The lowest BCUT2D eigenvalue weighted by molar-refractivity contribution is -0.671. The molecular weight excluding hydrogens is 168 g/mol. The van der Waals surface area contributed by atoms with E-state index in [-0.39, 0.29) is 0 Å². The molecule has 1 aromatic heterocycles. The topological polar surface area (TPSA) is 15.9 Å². The van der Waals surface area contributed by atoms with Gasteiger partial charge in [-0.3, -0.25) is 0 Å². The molecule has 2 nitrogen and oxygen atoms in total. The molecule has 12 heavy (non-hydrogen) atoms. The Morgan fingerprint density at radius 1 is 1.50 bits per heavy atom. The van der Waals surface area contributed by atoms with Gasteiger partial charge in [0.25, 0.3) is 0 Å². The fourth-order valence-electron chi connectivity index (χ4n) is 0.876. The van der Waals surface area contributed by atoms with E-state index in [0.717, 1.165) is 11.5 Å². The second-order valence-electron chi connectivity index (χ2n) is 2.78. The first-order valence-corrected chi connectivity index (χ1v) is 4.28. The van der Waals surface area contributed by atoms with E-state index in [1.807, 2.05) is 30.9 Å². The SMILES string of the molecule is CC(=S)NCc1cc[n+](C)cc1. The summed E-state index contributed by atoms with van der Waals surface area (Å²) in [5.74, 6) is 0. The molecule has 0 fully saturated rings. The predicted molar refractivity (Wildman–Crippen MR) is 52.7 cm³/mol. The largest absolute Gasteiger partial charge is 0.376 e. The third-order valence-corrected chi connectivity index (χ3v) is 1.73. The highest BCUT2D eigenvalue weighted by Crippen LogP contribution is 1.93. The number of hydrogen-bond donors (Lipinski definition) is 1. The summed E-state index contributed by atoms with van der Waals surface area (Å²) in [6.07, 6.45) is 4.05. The minimum Gasteiger partial charge on any atom is -0.376 e. The number of nitrogens with zero attached hydrogens (tertiary/aromatic N) is 1. The number of thiocarbonyl (C=S) groups is 1. The first-order chi connectivity index (χ1) is 5.68. The number of pyridine rings is 1. The number of aromatic nitrogens is 1. The van der Waals surface area contributed by atoms with Crippen LogP contribution < -0.4 is 9.88 Å². The minimum atomic E-state index is 0.816. The van der Waals surface area contributed by atoms with Gasteiger partial charge in [0.15, 0.2) is 12.4 Å². The Bertz CT molecular complexity index is 266. The van der Waals surface area contributed by atoms with E-state index in [2.05, 4.69) is 17.4 Å². The highest BCUT2D eigenvalue weighted by Gasteiger charge is 1.94. The van der Waals surface area contributed by atoms with Crippen LogP contribution >= 0.6 is 12.2 Å². The van der Waals surface area contributed by atoms with Crippen molar-refractivity contribution in [2.24, 2.45) is 7.05 Å². The second-order valence-corrected chi connectivity index (χ2v) is 3.39. The lowest BCUT2D eigenvalue weighted by atomic mass is 10.3. The quantitative estimate of drug-likeness (QED) is 0.540. The Balaban J connectivity index is 2.53. The van der Waals surface area contributed by atoms with Crippen molar-refractivity contribution in [3.05, 3.63) is 30.1 Å². The molecule has 0 unspecified atom stereocenters. The van der Waals surface area contributed by atoms with Gasteiger partial charge < -0.3 is 5.32 Å². The van der Waals surface area contributed by atoms with Crippen molar-refractivity contribution in [2.45, 2.75) is 13.5 Å². The number of nitrogens with one attached hydrogen (secondary N) is 1. The van der Waals surface area contributed by atoms with Crippen molar-refractivity contribution in [1.29, 1.82) is 0 Å². The summed E-state index contributed by atoms with van der Waals surface area (Å²) in [6, 6.07) is 4.15. The van der Waals surface area contributed by atoms with E-state index in [0.29, 0.717) is 0 Å². The van der Waals surface area contributed by atoms with Crippen LogP contribution in [0.3, 0.4) is 0 Å².